The van der Waals surface area contributed by atoms with Crippen LogP contribution in [-0.2, 0) is 28.4 Å². The SMILES string of the molecule is NC(=O)Cn1c(CSc2nnc(-c3cccs3)n2CC2CCCO2)nc2ccccc2c1=O. The molecule has 0 saturated carbocycles. The first-order valence-corrected chi connectivity index (χ1v) is 12.4. The van der Waals surface area contributed by atoms with Gasteiger partial charge in [-0.15, -0.1) is 21.5 Å². The van der Waals surface area contributed by atoms with Crippen molar-refractivity contribution in [2.45, 2.75) is 42.9 Å². The van der Waals surface area contributed by atoms with E-state index in [1.54, 1.807) is 29.5 Å². The molecule has 1 aliphatic heterocycles. The Morgan fingerprint density at radius 2 is 2.09 bits per heavy atom. The summed E-state index contributed by atoms with van der Waals surface area (Å²) >= 11 is 3.03. The molecule has 11 heteroatoms. The Bertz CT molecular complexity index is 1340. The van der Waals surface area contributed by atoms with Crippen LogP contribution in [0.2, 0.25) is 0 Å². The maximum Gasteiger partial charge on any atom is 0.261 e. The van der Waals surface area contributed by atoms with Crippen molar-refractivity contribution < 1.29 is 9.53 Å². The van der Waals surface area contributed by atoms with E-state index in [0.29, 0.717) is 34.2 Å². The quantitative estimate of drug-likeness (QED) is 0.384. The maximum absolute atomic E-state index is 13.0. The Hall–Kier alpha value is -3.02. The average molecular weight is 483 g/mol. The second-order valence-electron chi connectivity index (χ2n) is 7.72. The number of thiophene rings is 1. The molecule has 1 aromatic carbocycles. The van der Waals surface area contributed by atoms with Crippen molar-refractivity contribution in [1.82, 2.24) is 24.3 Å². The van der Waals surface area contributed by atoms with Crippen molar-refractivity contribution in [3.8, 4) is 10.7 Å². The lowest BCUT2D eigenvalue weighted by molar-refractivity contribution is -0.118. The summed E-state index contributed by atoms with van der Waals surface area (Å²) in [6.07, 6.45) is 2.16. The third kappa shape index (κ3) is 4.56. The van der Waals surface area contributed by atoms with Gasteiger partial charge in [0.1, 0.15) is 12.4 Å². The fourth-order valence-corrected chi connectivity index (χ4v) is 5.52. The fraction of sp³-hybridized carbons (Fsp3) is 0.318. The smallest absolute Gasteiger partial charge is 0.261 e. The number of rotatable bonds is 8. The van der Waals surface area contributed by atoms with Crippen LogP contribution >= 0.6 is 23.1 Å². The van der Waals surface area contributed by atoms with E-state index in [2.05, 4.69) is 19.7 Å². The summed E-state index contributed by atoms with van der Waals surface area (Å²) in [6, 6.07) is 11.1. The molecule has 1 aliphatic rings. The van der Waals surface area contributed by atoms with Crippen LogP contribution in [0.15, 0.2) is 51.7 Å². The van der Waals surface area contributed by atoms with Crippen molar-refractivity contribution >= 4 is 39.9 Å². The molecule has 0 radical (unpaired) electrons. The number of para-hydroxylation sites is 1. The molecule has 33 heavy (non-hydrogen) atoms. The maximum atomic E-state index is 13.0. The minimum Gasteiger partial charge on any atom is -0.376 e. The molecular weight excluding hydrogens is 460 g/mol. The number of thioether (sulfide) groups is 1. The third-order valence-corrected chi connectivity index (χ3v) is 7.28. The van der Waals surface area contributed by atoms with E-state index < -0.39 is 5.91 Å². The third-order valence-electron chi connectivity index (χ3n) is 5.45. The molecule has 9 nitrogen and oxygen atoms in total. The molecule has 1 atom stereocenters. The largest absolute Gasteiger partial charge is 0.376 e. The van der Waals surface area contributed by atoms with Crippen molar-refractivity contribution in [3.05, 3.63) is 58.0 Å². The predicted octanol–water partition coefficient (Wildman–Crippen LogP) is 2.67. The zero-order valence-corrected chi connectivity index (χ0v) is 19.3. The highest BCUT2D eigenvalue weighted by molar-refractivity contribution is 7.98. The molecule has 1 fully saturated rings. The minimum absolute atomic E-state index is 0.117. The molecule has 4 aromatic rings. The van der Waals surface area contributed by atoms with Crippen LogP contribution in [0.5, 0.6) is 0 Å². The number of hydrogen-bond donors (Lipinski definition) is 1. The molecule has 5 rings (SSSR count). The van der Waals surface area contributed by atoms with E-state index in [0.717, 1.165) is 30.2 Å². The molecule has 0 aliphatic carbocycles. The number of nitrogens with zero attached hydrogens (tertiary/aromatic N) is 5. The normalized spacial score (nSPS) is 15.9. The van der Waals surface area contributed by atoms with Gasteiger partial charge in [-0.2, -0.15) is 0 Å². The molecule has 4 heterocycles. The van der Waals surface area contributed by atoms with E-state index >= 15 is 0 Å². The zero-order chi connectivity index (χ0) is 22.8. The van der Waals surface area contributed by atoms with Crippen molar-refractivity contribution in [3.63, 3.8) is 0 Å². The Kier molecular flexibility index (Phi) is 6.25. The highest BCUT2D eigenvalue weighted by Crippen LogP contribution is 2.30. The second kappa shape index (κ2) is 9.46. The van der Waals surface area contributed by atoms with Crippen molar-refractivity contribution in [2.24, 2.45) is 5.73 Å². The van der Waals surface area contributed by atoms with E-state index in [9.17, 15) is 9.59 Å². The summed E-state index contributed by atoms with van der Waals surface area (Å²) in [5, 5.41) is 12.0. The Balaban J connectivity index is 1.49. The van der Waals surface area contributed by atoms with Gasteiger partial charge < -0.3 is 10.5 Å². The van der Waals surface area contributed by atoms with Gasteiger partial charge in [0.05, 0.1) is 34.2 Å². The lowest BCUT2D eigenvalue weighted by Crippen LogP contribution is -2.31. The molecule has 3 aromatic heterocycles. The number of amides is 1. The predicted molar refractivity (Wildman–Crippen MR) is 127 cm³/mol. The van der Waals surface area contributed by atoms with Crippen molar-refractivity contribution in [1.29, 1.82) is 0 Å². The number of hydrogen-bond acceptors (Lipinski definition) is 8. The van der Waals surface area contributed by atoms with E-state index in [-0.39, 0.29) is 18.2 Å². The van der Waals surface area contributed by atoms with Gasteiger partial charge in [-0.05, 0) is 36.4 Å². The number of nitrogens with two attached hydrogens (primary N) is 1. The summed E-state index contributed by atoms with van der Waals surface area (Å²) in [6.45, 7) is 1.20. The first-order chi connectivity index (χ1) is 16.1. The summed E-state index contributed by atoms with van der Waals surface area (Å²) in [5.41, 5.74) is 5.71. The summed E-state index contributed by atoms with van der Waals surface area (Å²) < 4.78 is 9.27. The Labute approximate surface area is 197 Å². The van der Waals surface area contributed by atoms with Crippen LogP contribution in [0.25, 0.3) is 21.6 Å². The Morgan fingerprint density at radius 3 is 2.85 bits per heavy atom. The number of fused-ring (bicyclic) bond motifs is 1. The molecular formula is C22H22N6O3S2. The summed E-state index contributed by atoms with van der Waals surface area (Å²) in [4.78, 5) is 30.3. The molecule has 0 bridgehead atoms. The van der Waals surface area contributed by atoms with Crippen LogP contribution in [0.1, 0.15) is 18.7 Å². The lowest BCUT2D eigenvalue weighted by Gasteiger charge is -2.15. The van der Waals surface area contributed by atoms with Crippen LogP contribution in [-0.4, -0.2) is 42.9 Å². The van der Waals surface area contributed by atoms with E-state index in [1.807, 2.05) is 23.6 Å². The van der Waals surface area contributed by atoms with Crippen LogP contribution in [0.4, 0.5) is 0 Å². The number of ether oxygens (including phenoxy) is 1. The van der Waals surface area contributed by atoms with Gasteiger partial charge in [-0.3, -0.25) is 18.7 Å². The molecule has 1 amide bonds. The van der Waals surface area contributed by atoms with Gasteiger partial charge in [0.2, 0.25) is 5.91 Å². The van der Waals surface area contributed by atoms with Gasteiger partial charge in [0.25, 0.3) is 5.56 Å². The topological polar surface area (TPSA) is 118 Å². The van der Waals surface area contributed by atoms with Gasteiger partial charge in [-0.25, -0.2) is 4.98 Å². The first-order valence-electron chi connectivity index (χ1n) is 10.6. The van der Waals surface area contributed by atoms with Crippen LogP contribution in [0.3, 0.4) is 0 Å². The van der Waals surface area contributed by atoms with Gasteiger partial charge in [0.15, 0.2) is 11.0 Å². The molecule has 2 N–H and O–H groups in total. The van der Waals surface area contributed by atoms with Gasteiger partial charge in [0, 0.05) is 6.61 Å². The molecule has 170 valence electrons. The average Bonchev–Trinajstić information content (AvgIpc) is 3.57. The van der Waals surface area contributed by atoms with Gasteiger partial charge in [-0.1, -0.05) is 30.0 Å². The number of primary amides is 1. The Morgan fingerprint density at radius 1 is 1.21 bits per heavy atom. The highest BCUT2D eigenvalue weighted by Gasteiger charge is 2.23. The lowest BCUT2D eigenvalue weighted by atomic mass is 10.2. The highest BCUT2D eigenvalue weighted by atomic mass is 32.2. The number of carbonyl (C=O) groups excluding carboxylic acids is 1. The fourth-order valence-electron chi connectivity index (χ4n) is 3.91. The molecule has 1 unspecified atom stereocenters. The summed E-state index contributed by atoms with van der Waals surface area (Å²) in [5.74, 6) is 0.999. The van der Waals surface area contributed by atoms with Crippen LogP contribution < -0.4 is 11.3 Å². The number of benzene rings is 1. The zero-order valence-electron chi connectivity index (χ0n) is 17.7. The van der Waals surface area contributed by atoms with Crippen LogP contribution in [0, 0.1) is 0 Å². The molecule has 0 spiro atoms. The monoisotopic (exact) mass is 482 g/mol. The van der Waals surface area contributed by atoms with Gasteiger partial charge >= 0.3 is 0 Å². The second-order valence-corrected chi connectivity index (χ2v) is 9.61. The van der Waals surface area contributed by atoms with E-state index in [1.165, 1.54) is 16.3 Å². The standard InChI is InChI=1S/C22H22N6O3S2/c23-18(29)12-27-19(24-16-7-2-1-6-15(16)21(27)30)13-33-22-26-25-20(17-8-4-10-32-17)28(22)11-14-5-3-9-31-14/h1-2,4,6-8,10,14H,3,5,9,11-13H2,(H2,23,29). The minimum atomic E-state index is -0.595. The number of aromatic nitrogens is 5. The van der Waals surface area contributed by atoms with E-state index in [4.69, 9.17) is 10.5 Å². The summed E-state index contributed by atoms with van der Waals surface area (Å²) in [7, 11) is 0. The first kappa shape index (κ1) is 21.8. The number of carbonyl (C=O) groups is 1. The van der Waals surface area contributed by atoms with Crippen molar-refractivity contribution in [2.75, 3.05) is 6.61 Å². The molecule has 1 saturated heterocycles.